The van der Waals surface area contributed by atoms with E-state index in [4.69, 9.17) is 4.42 Å². The maximum Gasteiger partial charge on any atom is 0.345 e. The van der Waals surface area contributed by atoms with Crippen molar-refractivity contribution in [3.63, 3.8) is 0 Å². The molecule has 0 amide bonds. The molecule has 2 aromatic carbocycles. The summed E-state index contributed by atoms with van der Waals surface area (Å²) in [6, 6.07) is 19.6. The van der Waals surface area contributed by atoms with Crippen LogP contribution in [-0.2, 0) is 0 Å². The van der Waals surface area contributed by atoms with Gasteiger partial charge in [-0.05, 0) is 40.4 Å². The molecule has 138 valence electrons. The lowest BCUT2D eigenvalue weighted by atomic mass is 10.0. The van der Waals surface area contributed by atoms with Crippen LogP contribution in [0.1, 0.15) is 9.88 Å². The number of benzene rings is 2. The smallest absolute Gasteiger partial charge is 0.345 e. The second kappa shape index (κ2) is 7.13. The van der Waals surface area contributed by atoms with E-state index in [0.29, 0.717) is 27.4 Å². The van der Waals surface area contributed by atoms with Gasteiger partial charge in [0.15, 0.2) is 0 Å². The van der Waals surface area contributed by atoms with Crippen molar-refractivity contribution in [3.05, 3.63) is 85.7 Å². The van der Waals surface area contributed by atoms with E-state index in [9.17, 15) is 10.1 Å². The summed E-state index contributed by atoms with van der Waals surface area (Å²) in [6.45, 7) is 0. The highest BCUT2D eigenvalue weighted by Gasteiger charge is 2.15. The summed E-state index contributed by atoms with van der Waals surface area (Å²) in [5, 5.41) is 16.8. The van der Waals surface area contributed by atoms with Crippen molar-refractivity contribution in [3.8, 4) is 17.3 Å². The summed E-state index contributed by atoms with van der Waals surface area (Å²) in [4.78, 5) is 18.1. The van der Waals surface area contributed by atoms with Gasteiger partial charge in [-0.25, -0.2) is 9.78 Å². The lowest BCUT2D eigenvalue weighted by Crippen LogP contribution is -2.03. The van der Waals surface area contributed by atoms with Gasteiger partial charge in [0.05, 0.1) is 16.8 Å². The maximum atomic E-state index is 12.6. The van der Waals surface area contributed by atoms with Crippen LogP contribution >= 0.6 is 22.7 Å². The molecule has 5 aromatic rings. The Balaban J connectivity index is 1.65. The van der Waals surface area contributed by atoms with E-state index in [-0.39, 0.29) is 0 Å². The van der Waals surface area contributed by atoms with Crippen molar-refractivity contribution >= 4 is 56.1 Å². The van der Waals surface area contributed by atoms with E-state index in [1.165, 1.54) is 11.3 Å². The van der Waals surface area contributed by atoms with Gasteiger partial charge in [0.25, 0.3) is 0 Å². The maximum absolute atomic E-state index is 12.6. The summed E-state index contributed by atoms with van der Waals surface area (Å²) in [5.74, 6) is 0. The highest BCUT2D eigenvalue weighted by Crippen LogP contribution is 2.30. The molecule has 0 aliphatic carbocycles. The van der Waals surface area contributed by atoms with Crippen LogP contribution in [0.4, 0.5) is 0 Å². The van der Waals surface area contributed by atoms with Crippen molar-refractivity contribution < 1.29 is 4.42 Å². The Bertz CT molecular complexity index is 1490. The standard InChI is InChI=1S/C23H12N2O2S2/c24-12-15(10-16-5-3-9-28-16)22-25-20(13-29-22)19-11-18-17-6-2-1-4-14(17)7-8-21(18)27-23(19)26/h1-11,13H. The number of aromatic nitrogens is 1. The number of thiophene rings is 1. The topological polar surface area (TPSA) is 66.9 Å². The molecular weight excluding hydrogens is 400 g/mol. The monoisotopic (exact) mass is 412 g/mol. The summed E-state index contributed by atoms with van der Waals surface area (Å²) in [6.07, 6.45) is 1.81. The molecule has 0 radical (unpaired) electrons. The Morgan fingerprint density at radius 2 is 1.97 bits per heavy atom. The molecule has 0 fully saturated rings. The molecule has 0 saturated carbocycles. The van der Waals surface area contributed by atoms with Crippen molar-refractivity contribution in [1.29, 1.82) is 5.26 Å². The van der Waals surface area contributed by atoms with Gasteiger partial charge in [-0.15, -0.1) is 22.7 Å². The fourth-order valence-electron chi connectivity index (χ4n) is 3.23. The number of fused-ring (bicyclic) bond motifs is 3. The quantitative estimate of drug-likeness (QED) is 0.201. The van der Waals surface area contributed by atoms with E-state index < -0.39 is 5.63 Å². The third kappa shape index (κ3) is 3.17. The molecule has 0 N–H and O–H groups in total. The van der Waals surface area contributed by atoms with Crippen LogP contribution in [0.25, 0.3) is 44.6 Å². The third-order valence-electron chi connectivity index (χ3n) is 4.60. The molecule has 29 heavy (non-hydrogen) atoms. The average Bonchev–Trinajstić information content (AvgIpc) is 3.43. The van der Waals surface area contributed by atoms with Crippen LogP contribution in [-0.4, -0.2) is 4.98 Å². The van der Waals surface area contributed by atoms with Gasteiger partial charge in [-0.2, -0.15) is 5.26 Å². The second-order valence-corrected chi connectivity index (χ2v) is 8.21. The average molecular weight is 412 g/mol. The summed E-state index contributed by atoms with van der Waals surface area (Å²) < 4.78 is 5.57. The largest absolute Gasteiger partial charge is 0.422 e. The van der Waals surface area contributed by atoms with Crippen LogP contribution in [0.15, 0.2) is 74.6 Å². The molecule has 3 heterocycles. The minimum atomic E-state index is -0.439. The molecule has 0 atom stereocenters. The van der Waals surface area contributed by atoms with Crippen molar-refractivity contribution in [1.82, 2.24) is 4.98 Å². The molecule has 0 aliphatic heterocycles. The number of allylic oxidation sites excluding steroid dienone is 1. The Kier molecular flexibility index (Phi) is 4.32. The first-order chi connectivity index (χ1) is 14.2. The summed E-state index contributed by atoms with van der Waals surface area (Å²) in [5.41, 5.74) is 1.48. The van der Waals surface area contributed by atoms with Crippen LogP contribution in [0.3, 0.4) is 0 Å². The zero-order valence-corrected chi connectivity index (χ0v) is 16.6. The third-order valence-corrected chi connectivity index (χ3v) is 6.30. The normalized spacial score (nSPS) is 11.8. The molecule has 0 unspecified atom stereocenters. The Morgan fingerprint density at radius 3 is 2.79 bits per heavy atom. The molecule has 4 nitrogen and oxygen atoms in total. The minimum absolute atomic E-state index is 0.393. The molecule has 0 aliphatic rings. The molecule has 6 heteroatoms. The van der Waals surface area contributed by atoms with Gasteiger partial charge >= 0.3 is 5.63 Å². The first-order valence-electron chi connectivity index (χ1n) is 8.80. The van der Waals surface area contributed by atoms with E-state index >= 15 is 0 Å². The number of hydrogen-bond acceptors (Lipinski definition) is 6. The van der Waals surface area contributed by atoms with Crippen LogP contribution < -0.4 is 5.63 Å². The fourth-order valence-corrected chi connectivity index (χ4v) is 4.67. The van der Waals surface area contributed by atoms with Gasteiger partial charge < -0.3 is 4.42 Å². The zero-order chi connectivity index (χ0) is 19.8. The van der Waals surface area contributed by atoms with Crippen LogP contribution in [0.5, 0.6) is 0 Å². The number of nitriles is 1. The first-order valence-corrected chi connectivity index (χ1v) is 10.6. The van der Waals surface area contributed by atoms with Gasteiger partial charge in [0.1, 0.15) is 16.7 Å². The Morgan fingerprint density at radius 1 is 1.07 bits per heavy atom. The van der Waals surface area contributed by atoms with Crippen LogP contribution in [0.2, 0.25) is 0 Å². The van der Waals surface area contributed by atoms with E-state index in [1.807, 2.05) is 66.1 Å². The number of rotatable bonds is 3. The van der Waals surface area contributed by atoms with Gasteiger partial charge in [-0.3, -0.25) is 0 Å². The lowest BCUT2D eigenvalue weighted by molar-refractivity contribution is 0.563. The highest BCUT2D eigenvalue weighted by atomic mass is 32.1. The van der Waals surface area contributed by atoms with Gasteiger partial charge in [-0.1, -0.05) is 36.4 Å². The van der Waals surface area contributed by atoms with Crippen molar-refractivity contribution in [2.45, 2.75) is 0 Å². The van der Waals surface area contributed by atoms with E-state index in [1.54, 1.807) is 16.7 Å². The number of nitrogens with zero attached hydrogens (tertiary/aromatic N) is 2. The predicted molar refractivity (Wildman–Crippen MR) is 119 cm³/mol. The predicted octanol–water partition coefficient (Wildman–Crippen LogP) is 6.20. The number of thiazole rings is 1. The summed E-state index contributed by atoms with van der Waals surface area (Å²) in [7, 11) is 0. The van der Waals surface area contributed by atoms with Crippen molar-refractivity contribution in [2.24, 2.45) is 0 Å². The molecule has 3 aromatic heterocycles. The van der Waals surface area contributed by atoms with Gasteiger partial charge in [0, 0.05) is 15.6 Å². The summed E-state index contributed by atoms with van der Waals surface area (Å²) >= 11 is 2.89. The Hall–Kier alpha value is -3.53. The zero-order valence-electron chi connectivity index (χ0n) is 15.0. The first kappa shape index (κ1) is 17.6. The molecule has 5 rings (SSSR count). The number of hydrogen-bond donors (Lipinski definition) is 0. The lowest BCUT2D eigenvalue weighted by Gasteiger charge is -2.04. The van der Waals surface area contributed by atoms with E-state index in [2.05, 4.69) is 11.1 Å². The van der Waals surface area contributed by atoms with Gasteiger partial charge in [0.2, 0.25) is 0 Å². The highest BCUT2D eigenvalue weighted by molar-refractivity contribution is 7.12. The SMILES string of the molecule is N#CC(=Cc1cccs1)c1nc(-c2cc3c(ccc4ccccc43)oc2=O)cs1. The molecular formula is C23H12N2O2S2. The molecule has 0 bridgehead atoms. The minimum Gasteiger partial charge on any atom is -0.422 e. The fraction of sp³-hybridized carbons (Fsp3) is 0. The van der Waals surface area contributed by atoms with E-state index in [0.717, 1.165) is 21.0 Å². The van der Waals surface area contributed by atoms with Crippen molar-refractivity contribution in [2.75, 3.05) is 0 Å². The second-order valence-electron chi connectivity index (χ2n) is 6.37. The molecule has 0 spiro atoms. The molecule has 0 saturated heterocycles. The Labute approximate surface area is 173 Å². The van der Waals surface area contributed by atoms with Crippen LogP contribution in [0, 0.1) is 11.3 Å².